The first-order chi connectivity index (χ1) is 6.52. The minimum Gasteiger partial charge on any atom is -0.385 e. The van der Waals surface area contributed by atoms with Gasteiger partial charge in [-0.2, -0.15) is 5.26 Å². The van der Waals surface area contributed by atoms with Gasteiger partial charge >= 0.3 is 0 Å². The number of nitrogens with zero attached hydrogens (tertiary/aromatic N) is 1. The second kappa shape index (κ2) is 6.39. The molecule has 0 aromatic rings. The average molecular weight is 198 g/mol. The summed E-state index contributed by atoms with van der Waals surface area (Å²) >= 11 is 0. The maximum absolute atomic E-state index is 11.2. The van der Waals surface area contributed by atoms with Gasteiger partial charge in [-0.05, 0) is 20.3 Å². The lowest BCUT2D eigenvalue weighted by Gasteiger charge is -2.15. The van der Waals surface area contributed by atoms with Gasteiger partial charge in [0.25, 0.3) is 0 Å². The predicted molar refractivity (Wildman–Crippen MR) is 53.5 cm³/mol. The molecule has 0 aliphatic heterocycles. The Morgan fingerprint density at radius 3 is 2.71 bits per heavy atom. The van der Waals surface area contributed by atoms with Crippen molar-refractivity contribution >= 4 is 5.91 Å². The summed E-state index contributed by atoms with van der Waals surface area (Å²) < 4.78 is 4.83. The molecular weight excluding hydrogens is 180 g/mol. The van der Waals surface area contributed by atoms with E-state index in [2.05, 4.69) is 11.4 Å². The molecule has 14 heavy (non-hydrogen) atoms. The lowest BCUT2D eigenvalue weighted by Crippen LogP contribution is -2.33. The number of rotatable bonds is 6. The molecule has 0 aromatic heterocycles. The largest absolute Gasteiger partial charge is 0.385 e. The van der Waals surface area contributed by atoms with Crippen molar-refractivity contribution in [3.05, 3.63) is 0 Å². The SMILES string of the molecule is COCCCC(=O)NCC(C)(C)C#N. The zero-order valence-corrected chi connectivity index (χ0v) is 9.09. The molecule has 0 aliphatic rings. The molecule has 0 rings (SSSR count). The highest BCUT2D eigenvalue weighted by molar-refractivity contribution is 5.75. The van der Waals surface area contributed by atoms with E-state index in [0.717, 1.165) is 6.42 Å². The Morgan fingerprint density at radius 2 is 2.21 bits per heavy atom. The van der Waals surface area contributed by atoms with Crippen molar-refractivity contribution in [2.75, 3.05) is 20.3 Å². The number of carbonyl (C=O) groups excluding carboxylic acids is 1. The van der Waals surface area contributed by atoms with Crippen LogP contribution >= 0.6 is 0 Å². The lowest BCUT2D eigenvalue weighted by molar-refractivity contribution is -0.121. The lowest BCUT2D eigenvalue weighted by atomic mass is 9.96. The quantitative estimate of drug-likeness (QED) is 0.649. The highest BCUT2D eigenvalue weighted by Gasteiger charge is 2.17. The van der Waals surface area contributed by atoms with Gasteiger partial charge in [0.2, 0.25) is 5.91 Å². The van der Waals surface area contributed by atoms with E-state index in [1.54, 1.807) is 21.0 Å². The molecule has 4 heteroatoms. The van der Waals surface area contributed by atoms with E-state index in [0.29, 0.717) is 19.6 Å². The van der Waals surface area contributed by atoms with Gasteiger partial charge < -0.3 is 10.1 Å². The van der Waals surface area contributed by atoms with Crippen molar-refractivity contribution in [2.24, 2.45) is 5.41 Å². The van der Waals surface area contributed by atoms with Crippen molar-refractivity contribution in [1.29, 1.82) is 5.26 Å². The monoisotopic (exact) mass is 198 g/mol. The highest BCUT2D eigenvalue weighted by atomic mass is 16.5. The van der Waals surface area contributed by atoms with Gasteiger partial charge in [-0.3, -0.25) is 4.79 Å². The van der Waals surface area contributed by atoms with Gasteiger partial charge in [0, 0.05) is 26.7 Å². The molecule has 0 saturated carbocycles. The molecule has 1 amide bonds. The maximum atomic E-state index is 11.2. The molecule has 0 heterocycles. The molecule has 80 valence electrons. The molecule has 0 spiro atoms. The fourth-order valence-corrected chi connectivity index (χ4v) is 0.825. The number of ether oxygens (including phenoxy) is 1. The van der Waals surface area contributed by atoms with Crippen molar-refractivity contribution < 1.29 is 9.53 Å². The molecule has 0 fully saturated rings. The number of carbonyl (C=O) groups is 1. The molecule has 1 N–H and O–H groups in total. The minimum absolute atomic E-state index is 0.0228. The molecular formula is C10H18N2O2. The van der Waals surface area contributed by atoms with Gasteiger partial charge in [0.05, 0.1) is 11.5 Å². The summed E-state index contributed by atoms with van der Waals surface area (Å²) in [5.74, 6) is -0.0228. The van der Waals surface area contributed by atoms with Crippen LogP contribution < -0.4 is 5.32 Å². The average Bonchev–Trinajstić information content (AvgIpc) is 2.16. The Kier molecular flexibility index (Phi) is 5.89. The summed E-state index contributed by atoms with van der Waals surface area (Å²) in [5.41, 5.74) is -0.489. The van der Waals surface area contributed by atoms with Crippen molar-refractivity contribution in [1.82, 2.24) is 5.32 Å². The first-order valence-corrected chi connectivity index (χ1v) is 4.69. The smallest absolute Gasteiger partial charge is 0.220 e. The van der Waals surface area contributed by atoms with Crippen LogP contribution in [0.5, 0.6) is 0 Å². The van der Waals surface area contributed by atoms with E-state index in [1.165, 1.54) is 0 Å². The fourth-order valence-electron chi connectivity index (χ4n) is 0.825. The van der Waals surface area contributed by atoms with Gasteiger partial charge in [-0.25, -0.2) is 0 Å². The number of nitriles is 1. The third-order valence-corrected chi connectivity index (χ3v) is 1.78. The van der Waals surface area contributed by atoms with E-state index in [4.69, 9.17) is 10.00 Å². The van der Waals surface area contributed by atoms with E-state index in [-0.39, 0.29) is 5.91 Å². The molecule has 0 atom stereocenters. The standard InChI is InChI=1S/C10H18N2O2/c1-10(2,7-11)8-12-9(13)5-4-6-14-3/h4-6,8H2,1-3H3,(H,12,13). The van der Waals surface area contributed by atoms with Gasteiger partial charge in [0.1, 0.15) is 0 Å². The Labute approximate surface area is 85.2 Å². The van der Waals surface area contributed by atoms with Gasteiger partial charge in [-0.15, -0.1) is 0 Å². The zero-order valence-electron chi connectivity index (χ0n) is 9.09. The van der Waals surface area contributed by atoms with Crippen LogP contribution in [0.25, 0.3) is 0 Å². The first-order valence-electron chi connectivity index (χ1n) is 4.69. The van der Waals surface area contributed by atoms with Crippen molar-refractivity contribution in [2.45, 2.75) is 26.7 Å². The molecule has 0 radical (unpaired) electrons. The number of methoxy groups -OCH3 is 1. The molecule has 0 aromatic carbocycles. The predicted octanol–water partition coefficient (Wildman–Crippen LogP) is 1.08. The van der Waals surface area contributed by atoms with Crippen LogP contribution in [0.3, 0.4) is 0 Å². The van der Waals surface area contributed by atoms with Gasteiger partial charge in [0.15, 0.2) is 0 Å². The fraction of sp³-hybridized carbons (Fsp3) is 0.800. The highest BCUT2D eigenvalue weighted by Crippen LogP contribution is 2.10. The van der Waals surface area contributed by atoms with Crippen LogP contribution in [0.2, 0.25) is 0 Å². The Hall–Kier alpha value is -1.08. The second-order valence-electron chi connectivity index (χ2n) is 3.87. The zero-order chi connectivity index (χ0) is 11.0. The molecule has 0 unspecified atom stereocenters. The van der Waals surface area contributed by atoms with E-state index < -0.39 is 5.41 Å². The number of nitrogens with one attached hydrogen (secondary N) is 1. The Bertz CT molecular complexity index is 219. The normalized spacial score (nSPS) is 10.7. The van der Waals surface area contributed by atoms with Crippen LogP contribution in [0.15, 0.2) is 0 Å². The van der Waals surface area contributed by atoms with Crippen LogP contribution in [-0.2, 0) is 9.53 Å². The van der Waals surface area contributed by atoms with E-state index in [9.17, 15) is 4.79 Å². The summed E-state index contributed by atoms with van der Waals surface area (Å²) in [6, 6.07) is 2.12. The summed E-state index contributed by atoms with van der Waals surface area (Å²) in [6.45, 7) is 4.58. The van der Waals surface area contributed by atoms with Crippen LogP contribution in [0.1, 0.15) is 26.7 Å². The number of hydrogen-bond donors (Lipinski definition) is 1. The maximum Gasteiger partial charge on any atom is 0.220 e. The topological polar surface area (TPSA) is 62.1 Å². The Morgan fingerprint density at radius 1 is 1.57 bits per heavy atom. The number of amides is 1. The summed E-state index contributed by atoms with van der Waals surface area (Å²) in [5, 5.41) is 11.4. The van der Waals surface area contributed by atoms with Crippen molar-refractivity contribution in [3.8, 4) is 6.07 Å². The third kappa shape index (κ3) is 6.44. The first kappa shape index (κ1) is 12.9. The second-order valence-corrected chi connectivity index (χ2v) is 3.87. The van der Waals surface area contributed by atoms with Crippen LogP contribution in [-0.4, -0.2) is 26.2 Å². The summed E-state index contributed by atoms with van der Waals surface area (Å²) in [7, 11) is 1.61. The van der Waals surface area contributed by atoms with Crippen molar-refractivity contribution in [3.63, 3.8) is 0 Å². The van der Waals surface area contributed by atoms with Crippen LogP contribution in [0.4, 0.5) is 0 Å². The van der Waals surface area contributed by atoms with Crippen LogP contribution in [0, 0.1) is 16.7 Å². The molecule has 4 nitrogen and oxygen atoms in total. The summed E-state index contributed by atoms with van der Waals surface area (Å²) in [4.78, 5) is 11.2. The van der Waals surface area contributed by atoms with E-state index >= 15 is 0 Å². The molecule has 0 bridgehead atoms. The molecule has 0 saturated heterocycles. The minimum atomic E-state index is -0.489. The Balaban J connectivity index is 3.60. The summed E-state index contributed by atoms with van der Waals surface area (Å²) in [6.07, 6.45) is 1.17. The third-order valence-electron chi connectivity index (χ3n) is 1.78. The number of hydrogen-bond acceptors (Lipinski definition) is 3. The van der Waals surface area contributed by atoms with E-state index in [1.807, 2.05) is 0 Å². The molecule has 0 aliphatic carbocycles. The van der Waals surface area contributed by atoms with Gasteiger partial charge in [-0.1, -0.05) is 0 Å².